The van der Waals surface area contributed by atoms with Gasteiger partial charge in [0.2, 0.25) is 0 Å². The van der Waals surface area contributed by atoms with Crippen molar-refractivity contribution in [3.63, 3.8) is 0 Å². The normalized spacial score (nSPS) is 18.1. The number of carbonyl (C=O) groups is 1. The Bertz CT molecular complexity index is 514. The Morgan fingerprint density at radius 3 is 2.45 bits per heavy atom. The number of alkyl halides is 3. The van der Waals surface area contributed by atoms with E-state index in [0.29, 0.717) is 31.7 Å². The third kappa shape index (κ3) is 3.65. The Hall–Kier alpha value is -1.90. The summed E-state index contributed by atoms with van der Waals surface area (Å²) in [6, 6.07) is 2.16. The number of ether oxygens (including phenoxy) is 1. The quantitative estimate of drug-likeness (QED) is 0.845. The molecule has 0 aliphatic carbocycles. The first kappa shape index (κ1) is 16.5. The highest BCUT2D eigenvalue weighted by Gasteiger charge is 2.34. The van der Waals surface area contributed by atoms with E-state index in [1.165, 1.54) is 13.2 Å². The molecule has 1 N–H and O–H groups in total. The van der Waals surface area contributed by atoms with Crippen molar-refractivity contribution < 1.29 is 27.8 Å². The van der Waals surface area contributed by atoms with E-state index < -0.39 is 23.9 Å². The van der Waals surface area contributed by atoms with Crippen molar-refractivity contribution >= 4 is 11.8 Å². The molecule has 0 amide bonds. The van der Waals surface area contributed by atoms with E-state index in [1.807, 2.05) is 0 Å². The average molecular weight is 319 g/mol. The lowest BCUT2D eigenvalue weighted by atomic mass is 9.91. The Kier molecular flexibility index (Phi) is 4.84. The van der Waals surface area contributed by atoms with Crippen molar-refractivity contribution in [2.75, 3.05) is 25.1 Å². The Morgan fingerprint density at radius 1 is 1.36 bits per heavy atom. The molecule has 1 saturated heterocycles. The zero-order valence-corrected chi connectivity index (χ0v) is 11.9. The van der Waals surface area contributed by atoms with Crippen LogP contribution < -0.4 is 4.90 Å². The summed E-state index contributed by atoms with van der Waals surface area (Å²) in [4.78, 5) is 13.1. The van der Waals surface area contributed by atoms with Crippen LogP contribution in [0.5, 0.6) is 0 Å². The smallest absolute Gasteiger partial charge is 0.435 e. The number of piperidine rings is 1. The van der Waals surface area contributed by atoms with Crippen LogP contribution in [-0.4, -0.2) is 47.6 Å². The topological polar surface area (TPSA) is 75.6 Å². The van der Waals surface area contributed by atoms with E-state index in [9.17, 15) is 23.1 Å². The van der Waals surface area contributed by atoms with E-state index in [-0.39, 0.29) is 5.92 Å². The molecule has 6 nitrogen and oxygen atoms in total. The molecular formula is C13H16F3N3O3. The van der Waals surface area contributed by atoms with Crippen LogP contribution in [0, 0.1) is 5.92 Å². The second kappa shape index (κ2) is 6.47. The van der Waals surface area contributed by atoms with Crippen molar-refractivity contribution in [1.82, 2.24) is 10.2 Å². The fraction of sp³-hybridized carbons (Fsp3) is 0.615. The number of hydrogen-bond donors (Lipinski definition) is 1. The van der Waals surface area contributed by atoms with E-state index in [1.54, 1.807) is 4.90 Å². The fourth-order valence-corrected chi connectivity index (χ4v) is 2.40. The Labute approximate surface area is 124 Å². The first-order chi connectivity index (χ1) is 10.3. The number of methoxy groups -OCH3 is 1. The molecule has 1 aliphatic heterocycles. The molecule has 1 aliphatic rings. The number of aliphatic hydroxyl groups excluding tert-OH is 1. The molecular weight excluding hydrogens is 303 g/mol. The van der Waals surface area contributed by atoms with E-state index >= 15 is 0 Å². The van der Waals surface area contributed by atoms with Crippen LogP contribution in [0.1, 0.15) is 18.5 Å². The minimum Gasteiger partial charge on any atom is -0.467 e. The van der Waals surface area contributed by atoms with Crippen LogP contribution >= 0.6 is 0 Å². The van der Waals surface area contributed by atoms with Gasteiger partial charge in [-0.25, -0.2) is 4.79 Å². The van der Waals surface area contributed by atoms with Crippen LogP contribution in [-0.2, 0) is 15.7 Å². The van der Waals surface area contributed by atoms with Gasteiger partial charge < -0.3 is 14.7 Å². The zero-order chi connectivity index (χ0) is 16.3. The van der Waals surface area contributed by atoms with E-state index in [0.717, 1.165) is 6.07 Å². The summed E-state index contributed by atoms with van der Waals surface area (Å²) in [7, 11) is 1.21. The molecule has 2 heterocycles. The molecule has 1 atom stereocenters. The highest BCUT2D eigenvalue weighted by molar-refractivity contribution is 5.74. The molecule has 0 bridgehead atoms. The predicted molar refractivity (Wildman–Crippen MR) is 70.0 cm³/mol. The third-order valence-corrected chi connectivity index (χ3v) is 3.69. The van der Waals surface area contributed by atoms with Crippen LogP contribution in [0.25, 0.3) is 0 Å². The van der Waals surface area contributed by atoms with Gasteiger partial charge in [0, 0.05) is 13.1 Å². The summed E-state index contributed by atoms with van der Waals surface area (Å²) in [6.07, 6.45) is -4.66. The first-order valence-electron chi connectivity index (χ1n) is 6.74. The number of carbonyl (C=O) groups excluding carboxylic acids is 1. The number of rotatable bonds is 3. The van der Waals surface area contributed by atoms with Gasteiger partial charge in [0.15, 0.2) is 17.6 Å². The molecule has 0 spiro atoms. The van der Waals surface area contributed by atoms with Crippen molar-refractivity contribution in [2.45, 2.75) is 25.1 Å². The van der Waals surface area contributed by atoms with Crippen molar-refractivity contribution in [3.8, 4) is 0 Å². The molecule has 2 rings (SSSR count). The molecule has 122 valence electrons. The van der Waals surface area contributed by atoms with Gasteiger partial charge in [-0.05, 0) is 30.9 Å². The Balaban J connectivity index is 1.96. The third-order valence-electron chi connectivity index (χ3n) is 3.69. The molecule has 22 heavy (non-hydrogen) atoms. The highest BCUT2D eigenvalue weighted by Crippen LogP contribution is 2.29. The zero-order valence-electron chi connectivity index (χ0n) is 11.9. The van der Waals surface area contributed by atoms with Crippen LogP contribution in [0.15, 0.2) is 12.1 Å². The maximum Gasteiger partial charge on any atom is 0.435 e. The molecule has 1 aromatic heterocycles. The van der Waals surface area contributed by atoms with Gasteiger partial charge in [0.1, 0.15) is 0 Å². The minimum atomic E-state index is -4.51. The molecule has 0 aromatic carbocycles. The fourth-order valence-electron chi connectivity index (χ4n) is 2.40. The lowest BCUT2D eigenvalue weighted by Gasteiger charge is -2.33. The summed E-state index contributed by atoms with van der Waals surface area (Å²) >= 11 is 0. The van der Waals surface area contributed by atoms with Gasteiger partial charge in [-0.2, -0.15) is 13.2 Å². The number of aliphatic hydroxyl groups is 1. The highest BCUT2D eigenvalue weighted by atomic mass is 19.4. The largest absolute Gasteiger partial charge is 0.467 e. The summed E-state index contributed by atoms with van der Waals surface area (Å²) in [6.45, 7) is 0.942. The van der Waals surface area contributed by atoms with Gasteiger partial charge in [-0.15, -0.1) is 10.2 Å². The number of aromatic nitrogens is 2. The predicted octanol–water partition coefficient (Wildman–Crippen LogP) is 1.25. The summed E-state index contributed by atoms with van der Waals surface area (Å²) in [5.41, 5.74) is -1.03. The average Bonchev–Trinajstić information content (AvgIpc) is 2.53. The van der Waals surface area contributed by atoms with Gasteiger partial charge in [-0.1, -0.05) is 0 Å². The Morgan fingerprint density at radius 2 is 2.00 bits per heavy atom. The van der Waals surface area contributed by atoms with Crippen molar-refractivity contribution in [2.24, 2.45) is 5.92 Å². The minimum absolute atomic E-state index is 0.230. The van der Waals surface area contributed by atoms with Crippen LogP contribution in [0.4, 0.5) is 19.0 Å². The first-order valence-corrected chi connectivity index (χ1v) is 6.74. The van der Waals surface area contributed by atoms with Gasteiger partial charge >= 0.3 is 12.1 Å². The van der Waals surface area contributed by atoms with Gasteiger partial charge in [-0.3, -0.25) is 0 Å². The maximum absolute atomic E-state index is 12.4. The van der Waals surface area contributed by atoms with Crippen LogP contribution in [0.2, 0.25) is 0 Å². The molecule has 1 fully saturated rings. The standard InChI is InChI=1S/C13H16F3N3O3/c1-22-12(21)11(20)8-4-6-19(7-5-8)10-3-2-9(17-18-10)13(14,15)16/h2-3,8,11,20H,4-7H2,1H3. The number of hydrogen-bond acceptors (Lipinski definition) is 6. The number of nitrogens with zero attached hydrogens (tertiary/aromatic N) is 3. The molecule has 0 radical (unpaired) electrons. The van der Waals surface area contributed by atoms with Gasteiger partial charge in [0.25, 0.3) is 0 Å². The molecule has 1 aromatic rings. The lowest BCUT2D eigenvalue weighted by molar-refractivity contribution is -0.153. The lowest BCUT2D eigenvalue weighted by Crippen LogP contribution is -2.41. The van der Waals surface area contributed by atoms with Gasteiger partial charge in [0.05, 0.1) is 7.11 Å². The van der Waals surface area contributed by atoms with Crippen molar-refractivity contribution in [3.05, 3.63) is 17.8 Å². The summed E-state index contributed by atoms with van der Waals surface area (Å²) < 4.78 is 41.8. The summed E-state index contributed by atoms with van der Waals surface area (Å²) in [5.74, 6) is -0.558. The number of anilines is 1. The number of esters is 1. The number of halogens is 3. The van der Waals surface area contributed by atoms with Crippen LogP contribution in [0.3, 0.4) is 0 Å². The summed E-state index contributed by atoms with van der Waals surface area (Å²) in [5, 5.41) is 16.6. The molecule has 1 unspecified atom stereocenters. The van der Waals surface area contributed by atoms with E-state index in [4.69, 9.17) is 0 Å². The molecule has 0 saturated carbocycles. The second-order valence-corrected chi connectivity index (χ2v) is 5.07. The maximum atomic E-state index is 12.4. The molecule has 9 heteroatoms. The van der Waals surface area contributed by atoms with Crippen molar-refractivity contribution in [1.29, 1.82) is 0 Å². The second-order valence-electron chi connectivity index (χ2n) is 5.07. The SMILES string of the molecule is COC(=O)C(O)C1CCN(c2ccc(C(F)(F)F)nn2)CC1. The monoisotopic (exact) mass is 319 g/mol. The van der Waals surface area contributed by atoms with E-state index in [2.05, 4.69) is 14.9 Å².